The van der Waals surface area contributed by atoms with Gasteiger partial charge in [0.15, 0.2) is 0 Å². The van der Waals surface area contributed by atoms with Gasteiger partial charge in [0.05, 0.1) is 0 Å². The topological polar surface area (TPSA) is 53.8 Å². The first-order valence-corrected chi connectivity index (χ1v) is 3.53. The largest absolute Gasteiger partial charge is 0.346 e. The van der Waals surface area contributed by atoms with Crippen LogP contribution in [0.4, 0.5) is 5.82 Å². The van der Waals surface area contributed by atoms with Gasteiger partial charge in [-0.05, 0) is 19.1 Å². The molecule has 60 valence electrons. The molecule has 0 bridgehead atoms. The van der Waals surface area contributed by atoms with Crippen molar-refractivity contribution in [3.8, 4) is 0 Å². The van der Waals surface area contributed by atoms with E-state index in [2.05, 4.69) is 16.9 Å². The summed E-state index contributed by atoms with van der Waals surface area (Å²) < 4.78 is 0. The number of nitrogens with one attached hydrogen (secondary N) is 2. The van der Waals surface area contributed by atoms with Crippen LogP contribution in [0.5, 0.6) is 0 Å². The van der Waals surface area contributed by atoms with Crippen LogP contribution in [0.1, 0.15) is 5.69 Å². The van der Waals surface area contributed by atoms with Crippen molar-refractivity contribution in [2.75, 3.05) is 11.9 Å². The fourth-order valence-electron chi connectivity index (χ4n) is 0.818. The Morgan fingerprint density at radius 1 is 1.73 bits per heavy atom. The number of H-pyrrole nitrogens is 1. The Hall–Kier alpha value is -1.22. The van der Waals surface area contributed by atoms with Crippen molar-refractivity contribution in [1.29, 1.82) is 0 Å². The number of aryl methyl sites for hydroxylation is 1. The Balaban J connectivity index is 2.57. The summed E-state index contributed by atoms with van der Waals surface area (Å²) in [7, 11) is 0. The second kappa shape index (κ2) is 3.25. The quantitative estimate of drug-likeness (QED) is 0.608. The molecule has 1 aromatic rings. The predicted molar refractivity (Wildman–Crippen MR) is 47.3 cm³/mol. The second-order valence-electron chi connectivity index (χ2n) is 2.49. The zero-order chi connectivity index (χ0) is 8.27. The molecule has 0 radical (unpaired) electrons. The van der Waals surface area contributed by atoms with Gasteiger partial charge in [0.25, 0.3) is 0 Å². The number of aromatic amines is 1. The Morgan fingerprint density at radius 2 is 2.45 bits per heavy atom. The molecular weight excluding hydrogens is 138 g/mol. The lowest BCUT2D eigenvalue weighted by Crippen LogP contribution is -2.09. The van der Waals surface area contributed by atoms with E-state index >= 15 is 0 Å². The standard InChI is InChI=1S/C8H13N3/c1-6-3-4-8(10-6)11-7(2)5-9/h3-4,10-11H,2,5,9H2,1H3. The molecular formula is C8H13N3. The first kappa shape index (κ1) is 7.88. The van der Waals surface area contributed by atoms with Gasteiger partial charge in [-0.1, -0.05) is 6.58 Å². The summed E-state index contributed by atoms with van der Waals surface area (Å²) in [5.74, 6) is 0.943. The van der Waals surface area contributed by atoms with Gasteiger partial charge in [0.1, 0.15) is 5.82 Å². The van der Waals surface area contributed by atoms with Crippen LogP contribution in [0.3, 0.4) is 0 Å². The molecule has 0 saturated heterocycles. The molecule has 0 spiro atoms. The van der Waals surface area contributed by atoms with E-state index in [1.165, 1.54) is 0 Å². The summed E-state index contributed by atoms with van der Waals surface area (Å²) in [6, 6.07) is 3.95. The molecule has 0 atom stereocenters. The van der Waals surface area contributed by atoms with E-state index in [0.29, 0.717) is 6.54 Å². The number of anilines is 1. The lowest BCUT2D eigenvalue weighted by atomic mass is 10.4. The normalized spacial score (nSPS) is 9.64. The third kappa shape index (κ3) is 2.13. The maximum Gasteiger partial charge on any atom is 0.107 e. The summed E-state index contributed by atoms with van der Waals surface area (Å²) >= 11 is 0. The van der Waals surface area contributed by atoms with E-state index in [-0.39, 0.29) is 0 Å². The Morgan fingerprint density at radius 3 is 2.91 bits per heavy atom. The van der Waals surface area contributed by atoms with E-state index in [4.69, 9.17) is 5.73 Å². The van der Waals surface area contributed by atoms with Crippen LogP contribution in [0.2, 0.25) is 0 Å². The maximum absolute atomic E-state index is 5.35. The average Bonchev–Trinajstić information content (AvgIpc) is 2.35. The number of hydrogen-bond acceptors (Lipinski definition) is 2. The third-order valence-corrected chi connectivity index (χ3v) is 1.39. The van der Waals surface area contributed by atoms with Crippen molar-refractivity contribution >= 4 is 5.82 Å². The number of aromatic nitrogens is 1. The van der Waals surface area contributed by atoms with Gasteiger partial charge in [-0.2, -0.15) is 0 Å². The van der Waals surface area contributed by atoms with Crippen molar-refractivity contribution in [1.82, 2.24) is 4.98 Å². The molecule has 3 heteroatoms. The van der Waals surface area contributed by atoms with Crippen molar-refractivity contribution in [2.45, 2.75) is 6.92 Å². The van der Waals surface area contributed by atoms with E-state index in [0.717, 1.165) is 17.2 Å². The molecule has 1 rings (SSSR count). The van der Waals surface area contributed by atoms with Gasteiger partial charge >= 0.3 is 0 Å². The van der Waals surface area contributed by atoms with Gasteiger partial charge in [0, 0.05) is 17.9 Å². The Kier molecular flexibility index (Phi) is 2.33. The Labute approximate surface area is 66.3 Å². The summed E-state index contributed by atoms with van der Waals surface area (Å²) in [6.45, 7) is 6.17. The zero-order valence-electron chi connectivity index (χ0n) is 6.65. The maximum atomic E-state index is 5.35. The lowest BCUT2D eigenvalue weighted by molar-refractivity contribution is 1.13. The minimum Gasteiger partial charge on any atom is -0.346 e. The van der Waals surface area contributed by atoms with Crippen LogP contribution < -0.4 is 11.1 Å². The SMILES string of the molecule is C=C(CN)Nc1ccc(C)[nH]1. The third-order valence-electron chi connectivity index (χ3n) is 1.39. The van der Waals surface area contributed by atoms with Crippen LogP contribution >= 0.6 is 0 Å². The van der Waals surface area contributed by atoms with Crippen LogP contribution in [0, 0.1) is 6.92 Å². The highest BCUT2D eigenvalue weighted by Crippen LogP contribution is 2.07. The second-order valence-corrected chi connectivity index (χ2v) is 2.49. The molecule has 0 aliphatic rings. The lowest BCUT2D eigenvalue weighted by Gasteiger charge is -2.03. The number of rotatable bonds is 3. The van der Waals surface area contributed by atoms with Gasteiger partial charge in [-0.25, -0.2) is 0 Å². The van der Waals surface area contributed by atoms with Crippen LogP contribution in [-0.2, 0) is 0 Å². The van der Waals surface area contributed by atoms with Gasteiger partial charge in [-0.3, -0.25) is 0 Å². The van der Waals surface area contributed by atoms with Gasteiger partial charge in [0.2, 0.25) is 0 Å². The van der Waals surface area contributed by atoms with Crippen LogP contribution in [0.25, 0.3) is 0 Å². The van der Waals surface area contributed by atoms with Crippen molar-refractivity contribution in [3.63, 3.8) is 0 Å². The Bertz CT molecular complexity index is 250. The predicted octanol–water partition coefficient (Wildman–Crippen LogP) is 1.21. The summed E-state index contributed by atoms with van der Waals surface area (Å²) in [6.07, 6.45) is 0. The fraction of sp³-hybridized carbons (Fsp3) is 0.250. The van der Waals surface area contributed by atoms with Crippen molar-refractivity contribution in [3.05, 3.63) is 30.1 Å². The molecule has 0 aliphatic carbocycles. The van der Waals surface area contributed by atoms with Crippen LogP contribution in [-0.4, -0.2) is 11.5 Å². The molecule has 1 heterocycles. The van der Waals surface area contributed by atoms with Crippen LogP contribution in [0.15, 0.2) is 24.4 Å². The summed E-state index contributed by atoms with van der Waals surface area (Å²) in [5.41, 5.74) is 7.29. The molecule has 4 N–H and O–H groups in total. The molecule has 0 aliphatic heterocycles. The molecule has 0 unspecified atom stereocenters. The highest BCUT2D eigenvalue weighted by molar-refractivity contribution is 5.42. The number of hydrogen-bond donors (Lipinski definition) is 3. The highest BCUT2D eigenvalue weighted by Gasteiger charge is 1.94. The van der Waals surface area contributed by atoms with Gasteiger partial charge in [-0.15, -0.1) is 0 Å². The monoisotopic (exact) mass is 151 g/mol. The highest BCUT2D eigenvalue weighted by atomic mass is 15.0. The number of nitrogens with two attached hydrogens (primary N) is 1. The van der Waals surface area contributed by atoms with E-state index in [1.54, 1.807) is 0 Å². The van der Waals surface area contributed by atoms with E-state index in [9.17, 15) is 0 Å². The average molecular weight is 151 g/mol. The summed E-state index contributed by atoms with van der Waals surface area (Å²) in [4.78, 5) is 3.11. The zero-order valence-corrected chi connectivity index (χ0v) is 6.65. The molecule has 1 aromatic heterocycles. The van der Waals surface area contributed by atoms with E-state index < -0.39 is 0 Å². The summed E-state index contributed by atoms with van der Waals surface area (Å²) in [5, 5.41) is 3.04. The molecule has 0 amide bonds. The fourth-order valence-corrected chi connectivity index (χ4v) is 0.818. The van der Waals surface area contributed by atoms with Gasteiger partial charge < -0.3 is 16.0 Å². The minimum atomic E-state index is 0.456. The van der Waals surface area contributed by atoms with Crippen molar-refractivity contribution < 1.29 is 0 Å². The van der Waals surface area contributed by atoms with E-state index in [1.807, 2.05) is 19.1 Å². The first-order valence-electron chi connectivity index (χ1n) is 3.53. The molecule has 0 saturated carbocycles. The molecule has 11 heavy (non-hydrogen) atoms. The minimum absolute atomic E-state index is 0.456. The molecule has 3 nitrogen and oxygen atoms in total. The first-order chi connectivity index (χ1) is 5.22. The smallest absolute Gasteiger partial charge is 0.107 e. The van der Waals surface area contributed by atoms with Crippen molar-refractivity contribution in [2.24, 2.45) is 5.73 Å². The molecule has 0 aromatic carbocycles. The molecule has 0 fully saturated rings.